The molecule has 11 heteroatoms. The summed E-state index contributed by atoms with van der Waals surface area (Å²) in [6.07, 6.45) is 1.96. The van der Waals surface area contributed by atoms with Crippen molar-refractivity contribution in [2.24, 2.45) is 0 Å². The van der Waals surface area contributed by atoms with Gasteiger partial charge >= 0.3 is 6.03 Å². The third-order valence-corrected chi connectivity index (χ3v) is 9.31. The van der Waals surface area contributed by atoms with Gasteiger partial charge in [-0.05, 0) is 67.6 Å². The van der Waals surface area contributed by atoms with E-state index >= 15 is 0 Å². The Hall–Kier alpha value is -3.89. The van der Waals surface area contributed by atoms with Gasteiger partial charge in [0.25, 0.3) is 15.9 Å². The lowest BCUT2D eigenvalue weighted by molar-refractivity contribution is -0.134. The Bertz CT molecular complexity index is 1560. The second kappa shape index (κ2) is 10.3. The second-order valence-electron chi connectivity index (χ2n) is 9.43. The number of benzene rings is 3. The summed E-state index contributed by atoms with van der Waals surface area (Å²) in [7, 11) is -3.97. The zero-order chi connectivity index (χ0) is 27.8. The molecular weight excluding hydrogens is 540 g/mol. The van der Waals surface area contributed by atoms with Crippen LogP contribution in [-0.2, 0) is 31.6 Å². The molecule has 1 heterocycles. The van der Waals surface area contributed by atoms with E-state index < -0.39 is 40.0 Å². The van der Waals surface area contributed by atoms with Crippen molar-refractivity contribution in [2.45, 2.75) is 36.6 Å². The van der Waals surface area contributed by atoms with E-state index in [0.29, 0.717) is 12.1 Å². The molecule has 4 amide bonds. The molecule has 1 spiro atoms. The minimum Gasteiger partial charge on any atom is -0.323 e. The predicted octanol–water partition coefficient (Wildman–Crippen LogP) is 4.28. The maximum Gasteiger partial charge on any atom is 0.325 e. The topological polar surface area (TPSA) is 116 Å². The van der Waals surface area contributed by atoms with Gasteiger partial charge in [0.05, 0.1) is 21.3 Å². The van der Waals surface area contributed by atoms with Crippen molar-refractivity contribution in [3.63, 3.8) is 0 Å². The van der Waals surface area contributed by atoms with E-state index in [1.807, 2.05) is 24.3 Å². The normalized spacial score (nSPS) is 18.6. The number of aryl methyl sites for hydroxylation is 1. The van der Waals surface area contributed by atoms with Gasteiger partial charge in [-0.15, -0.1) is 0 Å². The van der Waals surface area contributed by atoms with Gasteiger partial charge in [-0.2, -0.15) is 0 Å². The predicted molar refractivity (Wildman–Crippen MR) is 148 cm³/mol. The SMILES string of the molecule is CCN(c1ccccc1)S(=O)(=O)c1ccc(Cl)c(NC(=O)CN2C(=O)N[C@]3(CCCc4ccccc43)C2=O)c1. The number of para-hydroxylation sites is 1. The van der Waals surface area contributed by atoms with Crippen molar-refractivity contribution in [3.05, 3.63) is 88.9 Å². The Labute approximate surface area is 231 Å². The molecular formula is C28H27ClN4O5S. The van der Waals surface area contributed by atoms with Crippen LogP contribution in [0.4, 0.5) is 16.2 Å². The zero-order valence-corrected chi connectivity index (χ0v) is 22.8. The number of rotatable bonds is 7. The van der Waals surface area contributed by atoms with E-state index in [4.69, 9.17) is 11.6 Å². The molecule has 0 bridgehead atoms. The van der Waals surface area contributed by atoms with Gasteiger partial charge in [0.15, 0.2) is 0 Å². The van der Waals surface area contributed by atoms with Crippen LogP contribution in [-0.4, -0.2) is 44.3 Å². The summed E-state index contributed by atoms with van der Waals surface area (Å²) in [5, 5.41) is 5.50. The van der Waals surface area contributed by atoms with Crippen molar-refractivity contribution in [2.75, 3.05) is 22.7 Å². The van der Waals surface area contributed by atoms with E-state index in [9.17, 15) is 22.8 Å². The zero-order valence-electron chi connectivity index (χ0n) is 21.2. The Kier molecular flexibility index (Phi) is 7.09. The molecule has 3 aromatic carbocycles. The summed E-state index contributed by atoms with van der Waals surface area (Å²) < 4.78 is 28.1. The molecule has 0 saturated carbocycles. The van der Waals surface area contributed by atoms with Gasteiger partial charge < -0.3 is 10.6 Å². The first-order valence-electron chi connectivity index (χ1n) is 12.6. The molecule has 2 aliphatic rings. The number of halogens is 1. The highest BCUT2D eigenvalue weighted by molar-refractivity contribution is 7.92. The molecule has 1 fully saturated rings. The number of amides is 4. The summed E-state index contributed by atoms with van der Waals surface area (Å²) >= 11 is 6.28. The van der Waals surface area contributed by atoms with Crippen molar-refractivity contribution in [1.29, 1.82) is 0 Å². The first-order chi connectivity index (χ1) is 18.7. The summed E-state index contributed by atoms with van der Waals surface area (Å²) in [4.78, 5) is 40.2. The van der Waals surface area contributed by atoms with Crippen molar-refractivity contribution < 1.29 is 22.8 Å². The molecule has 1 aliphatic heterocycles. The Balaban J connectivity index is 1.36. The third kappa shape index (κ3) is 4.74. The molecule has 3 aromatic rings. The van der Waals surface area contributed by atoms with E-state index in [2.05, 4.69) is 10.6 Å². The molecule has 0 unspecified atom stereocenters. The van der Waals surface area contributed by atoms with Gasteiger partial charge in [-0.1, -0.05) is 54.1 Å². The molecule has 202 valence electrons. The number of fused-ring (bicyclic) bond motifs is 2. The lowest BCUT2D eigenvalue weighted by Gasteiger charge is -2.33. The van der Waals surface area contributed by atoms with Crippen LogP contribution >= 0.6 is 11.6 Å². The number of carbonyl (C=O) groups excluding carboxylic acids is 3. The summed E-state index contributed by atoms with van der Waals surface area (Å²) in [6.45, 7) is 1.36. The van der Waals surface area contributed by atoms with Gasteiger partial charge in [-0.3, -0.25) is 18.8 Å². The number of hydrogen-bond acceptors (Lipinski definition) is 5. The van der Waals surface area contributed by atoms with E-state index in [1.54, 1.807) is 37.3 Å². The van der Waals surface area contributed by atoms with Crippen molar-refractivity contribution in [1.82, 2.24) is 10.2 Å². The maximum absolute atomic E-state index is 13.5. The molecule has 1 atom stereocenters. The first kappa shape index (κ1) is 26.7. The fraction of sp³-hybridized carbons (Fsp3) is 0.250. The van der Waals surface area contributed by atoms with Crippen LogP contribution in [0.5, 0.6) is 0 Å². The number of urea groups is 1. The maximum atomic E-state index is 13.5. The van der Waals surface area contributed by atoms with Crippen LogP contribution in [0.15, 0.2) is 77.7 Å². The molecule has 0 aromatic heterocycles. The van der Waals surface area contributed by atoms with Crippen LogP contribution in [0.2, 0.25) is 5.02 Å². The summed E-state index contributed by atoms with van der Waals surface area (Å²) in [5.74, 6) is -1.18. The lowest BCUT2D eigenvalue weighted by atomic mass is 9.76. The van der Waals surface area contributed by atoms with Gasteiger partial charge in [-0.25, -0.2) is 13.2 Å². The number of sulfonamides is 1. The molecule has 9 nitrogen and oxygen atoms in total. The minimum absolute atomic E-state index is 0.0524. The molecule has 0 radical (unpaired) electrons. The van der Waals surface area contributed by atoms with Crippen LogP contribution in [0, 0.1) is 0 Å². The fourth-order valence-corrected chi connectivity index (χ4v) is 6.93. The van der Waals surface area contributed by atoms with Crippen LogP contribution < -0.4 is 14.9 Å². The number of nitrogens with zero attached hydrogens (tertiary/aromatic N) is 2. The second-order valence-corrected chi connectivity index (χ2v) is 11.7. The molecule has 1 saturated heterocycles. The highest BCUT2D eigenvalue weighted by atomic mass is 35.5. The minimum atomic E-state index is -3.97. The highest BCUT2D eigenvalue weighted by Crippen LogP contribution is 2.40. The number of anilines is 2. The van der Waals surface area contributed by atoms with Gasteiger partial charge in [0.1, 0.15) is 12.1 Å². The largest absolute Gasteiger partial charge is 0.325 e. The Morgan fingerprint density at radius 3 is 2.54 bits per heavy atom. The first-order valence-corrected chi connectivity index (χ1v) is 14.4. The summed E-state index contributed by atoms with van der Waals surface area (Å²) in [5.41, 5.74) is 1.09. The molecule has 39 heavy (non-hydrogen) atoms. The van der Waals surface area contributed by atoms with Crippen LogP contribution in [0.3, 0.4) is 0 Å². The monoisotopic (exact) mass is 566 g/mol. The average molecular weight is 567 g/mol. The lowest BCUT2D eigenvalue weighted by Crippen LogP contribution is -2.47. The molecule has 1 aliphatic carbocycles. The van der Waals surface area contributed by atoms with E-state index in [0.717, 1.165) is 28.9 Å². The Morgan fingerprint density at radius 1 is 1.08 bits per heavy atom. The van der Waals surface area contributed by atoms with E-state index in [-0.39, 0.29) is 22.2 Å². The smallest absolute Gasteiger partial charge is 0.323 e. The number of hydrogen-bond donors (Lipinski definition) is 2. The van der Waals surface area contributed by atoms with E-state index in [1.165, 1.54) is 22.5 Å². The number of carbonyl (C=O) groups is 3. The Morgan fingerprint density at radius 2 is 1.79 bits per heavy atom. The summed E-state index contributed by atoms with van der Waals surface area (Å²) in [6, 6.07) is 19.5. The molecule has 5 rings (SSSR count). The van der Waals surface area contributed by atoms with Crippen molar-refractivity contribution >= 4 is 50.8 Å². The number of nitrogens with one attached hydrogen (secondary N) is 2. The third-order valence-electron chi connectivity index (χ3n) is 7.08. The van der Waals surface area contributed by atoms with Crippen LogP contribution in [0.1, 0.15) is 30.9 Å². The number of imide groups is 1. The average Bonchev–Trinajstić information content (AvgIpc) is 3.15. The van der Waals surface area contributed by atoms with Gasteiger partial charge in [0.2, 0.25) is 5.91 Å². The van der Waals surface area contributed by atoms with Gasteiger partial charge in [0, 0.05) is 6.54 Å². The standard InChI is InChI=1S/C28H27ClN4O5S/c1-2-33(20-11-4-3-5-12-20)39(37,38)21-14-15-23(29)24(17-21)30-25(34)18-32-26(35)28(31-27(32)36)16-8-10-19-9-6-7-13-22(19)28/h3-7,9,11-15,17H,2,8,10,16,18H2,1H3,(H,30,34)(H,31,36)/t28-/m0/s1. The van der Waals surface area contributed by atoms with Crippen molar-refractivity contribution in [3.8, 4) is 0 Å². The quantitative estimate of drug-likeness (QED) is 0.414. The molecule has 2 N–H and O–H groups in total. The highest BCUT2D eigenvalue weighted by Gasteiger charge is 2.54. The fourth-order valence-electron chi connectivity index (χ4n) is 5.26. The van der Waals surface area contributed by atoms with Crippen LogP contribution in [0.25, 0.3) is 0 Å².